The molecule has 0 aliphatic carbocycles. The van der Waals surface area contributed by atoms with Crippen molar-refractivity contribution >= 4 is 6.08 Å². The number of hydrogen-bond donors (Lipinski definition) is 0. The minimum atomic E-state index is 1.05. The fourth-order valence-electron chi connectivity index (χ4n) is 3.71. The van der Waals surface area contributed by atoms with E-state index < -0.39 is 0 Å². The van der Waals surface area contributed by atoms with Crippen LogP contribution in [0.1, 0.15) is 33.4 Å². The molecule has 1 aliphatic rings. The maximum atomic E-state index is 4.09. The van der Waals surface area contributed by atoms with Crippen molar-refractivity contribution in [1.82, 2.24) is 4.90 Å². The van der Waals surface area contributed by atoms with Gasteiger partial charge < -0.3 is 4.90 Å². The van der Waals surface area contributed by atoms with Gasteiger partial charge in [0.05, 0.1) is 0 Å². The predicted molar refractivity (Wildman–Crippen MR) is 96.2 cm³/mol. The van der Waals surface area contributed by atoms with Gasteiger partial charge in [0.2, 0.25) is 0 Å². The fraction of sp³-hybridized carbons (Fsp3) is 0.333. The van der Waals surface area contributed by atoms with Crippen molar-refractivity contribution in [2.75, 3.05) is 13.6 Å². The van der Waals surface area contributed by atoms with Crippen LogP contribution in [-0.4, -0.2) is 18.5 Å². The highest BCUT2D eigenvalue weighted by Crippen LogP contribution is 2.37. The summed E-state index contributed by atoms with van der Waals surface area (Å²) in [6, 6.07) is 8.88. The zero-order valence-electron chi connectivity index (χ0n) is 14.2. The molecule has 1 nitrogen and oxygen atoms in total. The molecule has 1 aliphatic heterocycles. The van der Waals surface area contributed by atoms with Gasteiger partial charge in [0.15, 0.2) is 0 Å². The number of hydrogen-bond acceptors (Lipinski definition) is 1. The second kappa shape index (κ2) is 5.73. The van der Waals surface area contributed by atoms with Crippen LogP contribution in [0, 0.1) is 20.8 Å². The Morgan fingerprint density at radius 3 is 2.32 bits per heavy atom. The van der Waals surface area contributed by atoms with Crippen LogP contribution in [0.5, 0.6) is 0 Å². The highest BCUT2D eigenvalue weighted by molar-refractivity contribution is 5.82. The summed E-state index contributed by atoms with van der Waals surface area (Å²) in [7, 11) is 2.21. The van der Waals surface area contributed by atoms with Crippen LogP contribution in [0.4, 0.5) is 0 Å². The lowest BCUT2D eigenvalue weighted by molar-refractivity contribution is 0.311. The van der Waals surface area contributed by atoms with Crippen molar-refractivity contribution in [2.45, 2.75) is 33.7 Å². The Hall–Kier alpha value is -1.86. The standard InChI is InChI=1S/C21H25N/c1-6-18-15(3)20-13-22(5)12-11-19(20)16(4)21(18)17-9-7-14(2)8-10-17/h6-10H,1,11-13H2,2-5H3. The van der Waals surface area contributed by atoms with Gasteiger partial charge in [-0.1, -0.05) is 42.5 Å². The number of nitrogens with zero attached hydrogens (tertiary/aromatic N) is 1. The maximum absolute atomic E-state index is 4.09. The van der Waals surface area contributed by atoms with Crippen LogP contribution in [0.2, 0.25) is 0 Å². The average Bonchev–Trinajstić information content (AvgIpc) is 2.51. The molecule has 0 saturated carbocycles. The summed E-state index contributed by atoms with van der Waals surface area (Å²) in [4.78, 5) is 2.41. The molecule has 1 heteroatoms. The third kappa shape index (κ3) is 2.40. The number of likely N-dealkylation sites (N-methyl/N-ethyl adjacent to an activating group) is 1. The van der Waals surface area contributed by atoms with Crippen molar-refractivity contribution < 1.29 is 0 Å². The van der Waals surface area contributed by atoms with Gasteiger partial charge in [-0.05, 0) is 73.2 Å². The molecular formula is C21H25N. The minimum absolute atomic E-state index is 1.05. The molecule has 0 N–H and O–H groups in total. The number of fused-ring (bicyclic) bond motifs is 1. The quantitative estimate of drug-likeness (QED) is 0.760. The van der Waals surface area contributed by atoms with Crippen molar-refractivity contribution in [3.63, 3.8) is 0 Å². The number of benzene rings is 2. The first kappa shape index (κ1) is 15.1. The van der Waals surface area contributed by atoms with E-state index in [1.54, 1.807) is 5.56 Å². The molecule has 0 atom stereocenters. The van der Waals surface area contributed by atoms with Gasteiger partial charge in [0, 0.05) is 13.1 Å². The van der Waals surface area contributed by atoms with Crippen LogP contribution in [0.25, 0.3) is 17.2 Å². The van der Waals surface area contributed by atoms with Crippen LogP contribution in [0.15, 0.2) is 30.8 Å². The van der Waals surface area contributed by atoms with E-state index in [2.05, 4.69) is 63.6 Å². The molecule has 0 spiro atoms. The Morgan fingerprint density at radius 1 is 1.00 bits per heavy atom. The van der Waals surface area contributed by atoms with E-state index in [0.717, 1.165) is 19.5 Å². The maximum Gasteiger partial charge on any atom is 0.0236 e. The topological polar surface area (TPSA) is 3.24 Å². The van der Waals surface area contributed by atoms with Crippen LogP contribution in [-0.2, 0) is 13.0 Å². The van der Waals surface area contributed by atoms with Crippen LogP contribution in [0.3, 0.4) is 0 Å². The summed E-state index contributed by atoms with van der Waals surface area (Å²) >= 11 is 0. The van der Waals surface area contributed by atoms with Crippen molar-refractivity contribution in [3.8, 4) is 11.1 Å². The van der Waals surface area contributed by atoms with Gasteiger partial charge in [-0.15, -0.1) is 0 Å². The van der Waals surface area contributed by atoms with Gasteiger partial charge in [-0.3, -0.25) is 0 Å². The van der Waals surface area contributed by atoms with E-state index >= 15 is 0 Å². The molecular weight excluding hydrogens is 266 g/mol. The number of aryl methyl sites for hydroxylation is 1. The normalized spacial score (nSPS) is 14.7. The Morgan fingerprint density at radius 2 is 1.68 bits per heavy atom. The van der Waals surface area contributed by atoms with E-state index in [4.69, 9.17) is 0 Å². The van der Waals surface area contributed by atoms with Gasteiger partial charge in [-0.2, -0.15) is 0 Å². The van der Waals surface area contributed by atoms with E-state index in [-0.39, 0.29) is 0 Å². The molecule has 0 unspecified atom stereocenters. The van der Waals surface area contributed by atoms with Crippen LogP contribution < -0.4 is 0 Å². The molecule has 114 valence electrons. The summed E-state index contributed by atoms with van der Waals surface area (Å²) in [5, 5.41) is 0. The van der Waals surface area contributed by atoms with Crippen molar-refractivity contribution in [1.29, 1.82) is 0 Å². The summed E-state index contributed by atoms with van der Waals surface area (Å²) < 4.78 is 0. The third-order valence-corrected chi connectivity index (χ3v) is 5.03. The van der Waals surface area contributed by atoms with E-state index in [0.29, 0.717) is 0 Å². The molecule has 0 saturated heterocycles. The fourth-order valence-corrected chi connectivity index (χ4v) is 3.71. The first-order valence-electron chi connectivity index (χ1n) is 8.06. The molecule has 0 fully saturated rings. The Kier molecular flexibility index (Phi) is 3.92. The third-order valence-electron chi connectivity index (χ3n) is 5.03. The van der Waals surface area contributed by atoms with E-state index in [1.165, 1.54) is 38.9 Å². The largest absolute Gasteiger partial charge is 0.302 e. The monoisotopic (exact) mass is 291 g/mol. The van der Waals surface area contributed by atoms with E-state index in [1.807, 2.05) is 6.08 Å². The minimum Gasteiger partial charge on any atom is -0.302 e. The van der Waals surface area contributed by atoms with Crippen molar-refractivity contribution in [2.24, 2.45) is 0 Å². The SMILES string of the molecule is C=Cc1c(C)c2c(c(C)c1-c1ccc(C)cc1)CCN(C)C2. The molecule has 22 heavy (non-hydrogen) atoms. The van der Waals surface area contributed by atoms with Gasteiger partial charge >= 0.3 is 0 Å². The second-order valence-corrected chi connectivity index (χ2v) is 6.55. The summed E-state index contributed by atoms with van der Waals surface area (Å²) in [5.41, 5.74) is 11.2. The molecule has 0 bridgehead atoms. The smallest absolute Gasteiger partial charge is 0.0236 e. The summed E-state index contributed by atoms with van der Waals surface area (Å²) in [6.45, 7) is 13.0. The first-order valence-corrected chi connectivity index (χ1v) is 8.06. The Bertz CT molecular complexity index is 723. The molecule has 3 rings (SSSR count). The van der Waals surface area contributed by atoms with Gasteiger partial charge in [0.25, 0.3) is 0 Å². The van der Waals surface area contributed by atoms with E-state index in [9.17, 15) is 0 Å². The summed E-state index contributed by atoms with van der Waals surface area (Å²) in [5.74, 6) is 0. The molecule has 2 aromatic rings. The molecule has 0 radical (unpaired) electrons. The van der Waals surface area contributed by atoms with Gasteiger partial charge in [-0.25, -0.2) is 0 Å². The summed E-state index contributed by atoms with van der Waals surface area (Å²) in [6.07, 6.45) is 3.18. The zero-order chi connectivity index (χ0) is 15.9. The lowest BCUT2D eigenvalue weighted by atomic mass is 9.82. The highest BCUT2D eigenvalue weighted by atomic mass is 15.1. The molecule has 1 heterocycles. The average molecular weight is 291 g/mol. The molecule has 0 amide bonds. The first-order chi connectivity index (χ1) is 10.5. The van der Waals surface area contributed by atoms with Crippen molar-refractivity contribution in [3.05, 3.63) is 64.2 Å². The Labute approximate surface area is 134 Å². The van der Waals surface area contributed by atoms with Crippen LogP contribution >= 0.6 is 0 Å². The van der Waals surface area contributed by atoms with Gasteiger partial charge in [0.1, 0.15) is 0 Å². The zero-order valence-corrected chi connectivity index (χ0v) is 14.2. The lowest BCUT2D eigenvalue weighted by Crippen LogP contribution is -2.28. The highest BCUT2D eigenvalue weighted by Gasteiger charge is 2.22. The molecule has 2 aromatic carbocycles. The Balaban J connectivity index is 2.28. The molecule has 0 aromatic heterocycles. The number of rotatable bonds is 2. The predicted octanol–water partition coefficient (Wildman–Crippen LogP) is 4.91. The lowest BCUT2D eigenvalue weighted by Gasteiger charge is -2.30. The second-order valence-electron chi connectivity index (χ2n) is 6.55.